The number of nitrogens with zero attached hydrogens (tertiary/aromatic N) is 3. The van der Waals surface area contributed by atoms with Gasteiger partial charge in [-0.05, 0) is 38.0 Å². The number of nitro benzene ring substituents is 2. The largest absolute Gasteiger partial charge is 0.455 e. The molecule has 1 aliphatic carbocycles. The third-order valence-electron chi connectivity index (χ3n) is 5.80. The fourth-order valence-corrected chi connectivity index (χ4v) is 3.98. The van der Waals surface area contributed by atoms with Gasteiger partial charge in [0.05, 0.1) is 15.6 Å². The number of hydrogen-bond donors (Lipinski definition) is 3. The number of furan rings is 1. The Morgan fingerprint density at radius 3 is 2.26 bits per heavy atom. The SMILES string of the molecule is Cc1c(C(=O)NNC(=O)c2ccccc2[N+](=O)[O-])oc2c1/C(=N/NC(=O)c1ccc([N+](=O)[O-])cc1)CCC2. The summed E-state index contributed by atoms with van der Waals surface area (Å²) in [5, 5.41) is 26.1. The average Bonchev–Trinajstić information content (AvgIpc) is 3.27. The van der Waals surface area contributed by atoms with Crippen molar-refractivity contribution in [2.75, 3.05) is 0 Å². The van der Waals surface area contributed by atoms with Crippen LogP contribution in [0.25, 0.3) is 0 Å². The monoisotopic (exact) mass is 520 g/mol. The lowest BCUT2D eigenvalue weighted by molar-refractivity contribution is -0.385. The Kier molecular flexibility index (Phi) is 7.23. The van der Waals surface area contributed by atoms with E-state index >= 15 is 0 Å². The molecular formula is C24H20N6O8. The van der Waals surface area contributed by atoms with Crippen molar-refractivity contribution in [1.82, 2.24) is 16.3 Å². The van der Waals surface area contributed by atoms with Crippen molar-refractivity contribution in [3.05, 3.63) is 103 Å². The maximum atomic E-state index is 12.8. The Hall–Kier alpha value is -5.40. The molecule has 0 saturated heterocycles. The molecule has 2 aromatic carbocycles. The molecule has 0 bridgehead atoms. The Morgan fingerprint density at radius 2 is 1.58 bits per heavy atom. The van der Waals surface area contributed by atoms with Gasteiger partial charge < -0.3 is 4.42 Å². The van der Waals surface area contributed by atoms with Crippen LogP contribution in [0.5, 0.6) is 0 Å². The maximum absolute atomic E-state index is 12.8. The minimum atomic E-state index is -0.879. The Labute approximate surface area is 214 Å². The average molecular weight is 520 g/mol. The number of carbonyl (C=O) groups excluding carboxylic acids is 3. The third kappa shape index (κ3) is 5.23. The van der Waals surface area contributed by atoms with Crippen molar-refractivity contribution in [2.24, 2.45) is 5.10 Å². The van der Waals surface area contributed by atoms with E-state index in [2.05, 4.69) is 21.4 Å². The van der Waals surface area contributed by atoms with Gasteiger partial charge in [-0.1, -0.05) is 12.1 Å². The van der Waals surface area contributed by atoms with Gasteiger partial charge in [0.25, 0.3) is 23.2 Å². The van der Waals surface area contributed by atoms with Crippen LogP contribution < -0.4 is 16.3 Å². The minimum Gasteiger partial charge on any atom is -0.455 e. The van der Waals surface area contributed by atoms with Crippen molar-refractivity contribution in [1.29, 1.82) is 0 Å². The summed E-state index contributed by atoms with van der Waals surface area (Å²) in [6, 6.07) is 10.3. The van der Waals surface area contributed by atoms with E-state index in [1.54, 1.807) is 6.92 Å². The van der Waals surface area contributed by atoms with Crippen molar-refractivity contribution in [2.45, 2.75) is 26.2 Å². The van der Waals surface area contributed by atoms with Crippen molar-refractivity contribution in [3.63, 3.8) is 0 Å². The molecule has 1 aliphatic rings. The molecular weight excluding hydrogens is 500 g/mol. The standard InChI is InChI=1S/C24H20N6O8/c1-13-20-17(25-26-22(31)14-9-11-15(12-10-14)29(34)35)6-4-8-19(20)38-21(13)24(33)28-27-23(32)16-5-2-3-7-18(16)30(36)37/h2-3,5,7,9-12H,4,6,8H2,1H3,(H,26,31)(H,27,32)(H,28,33)/b25-17+. The van der Waals surface area contributed by atoms with Gasteiger partial charge in [-0.2, -0.15) is 5.10 Å². The number of rotatable bonds is 6. The molecule has 194 valence electrons. The number of aryl methyl sites for hydroxylation is 1. The Balaban J connectivity index is 1.48. The van der Waals surface area contributed by atoms with Gasteiger partial charge in [0.1, 0.15) is 11.3 Å². The highest BCUT2D eigenvalue weighted by molar-refractivity contribution is 6.07. The molecule has 3 aromatic rings. The second-order valence-corrected chi connectivity index (χ2v) is 8.19. The van der Waals surface area contributed by atoms with Gasteiger partial charge >= 0.3 is 5.91 Å². The smallest absolute Gasteiger partial charge is 0.305 e. The summed E-state index contributed by atoms with van der Waals surface area (Å²) < 4.78 is 5.73. The highest BCUT2D eigenvalue weighted by atomic mass is 16.6. The maximum Gasteiger partial charge on any atom is 0.305 e. The summed E-state index contributed by atoms with van der Waals surface area (Å²) in [5.74, 6) is -1.84. The number of fused-ring (bicyclic) bond motifs is 1. The van der Waals surface area contributed by atoms with Crippen LogP contribution >= 0.6 is 0 Å². The number of nitro groups is 2. The van der Waals surface area contributed by atoms with E-state index in [9.17, 15) is 34.6 Å². The first kappa shape index (κ1) is 25.7. The summed E-state index contributed by atoms with van der Waals surface area (Å²) in [6.07, 6.45) is 1.65. The van der Waals surface area contributed by atoms with Crippen molar-refractivity contribution in [3.8, 4) is 0 Å². The van der Waals surface area contributed by atoms with Crippen LogP contribution in [0, 0.1) is 27.2 Å². The van der Waals surface area contributed by atoms with Gasteiger partial charge in [0, 0.05) is 41.3 Å². The quantitative estimate of drug-likeness (QED) is 0.325. The summed E-state index contributed by atoms with van der Waals surface area (Å²) >= 11 is 0. The summed E-state index contributed by atoms with van der Waals surface area (Å²) in [4.78, 5) is 58.3. The molecule has 0 radical (unpaired) electrons. The second-order valence-electron chi connectivity index (χ2n) is 8.19. The summed E-state index contributed by atoms with van der Waals surface area (Å²) in [5.41, 5.74) is 7.61. The molecule has 1 aromatic heterocycles. The lowest BCUT2D eigenvalue weighted by atomic mass is 9.93. The first-order chi connectivity index (χ1) is 18.2. The van der Waals surface area contributed by atoms with Crippen LogP contribution in [-0.2, 0) is 6.42 Å². The van der Waals surface area contributed by atoms with E-state index in [0.717, 1.165) is 0 Å². The zero-order chi connectivity index (χ0) is 27.4. The third-order valence-corrected chi connectivity index (χ3v) is 5.80. The molecule has 3 N–H and O–H groups in total. The zero-order valence-electron chi connectivity index (χ0n) is 19.8. The predicted octanol–water partition coefficient (Wildman–Crippen LogP) is 2.95. The highest BCUT2D eigenvalue weighted by Crippen LogP contribution is 2.30. The van der Waals surface area contributed by atoms with Crippen LogP contribution in [0.2, 0.25) is 0 Å². The lowest BCUT2D eigenvalue weighted by Crippen LogP contribution is -2.42. The Bertz CT molecular complexity index is 1490. The molecule has 0 unspecified atom stereocenters. The van der Waals surface area contributed by atoms with Crippen LogP contribution in [-0.4, -0.2) is 33.3 Å². The van der Waals surface area contributed by atoms with Gasteiger partial charge in [-0.25, -0.2) is 5.43 Å². The number of hydrogen-bond acceptors (Lipinski definition) is 9. The normalized spacial score (nSPS) is 13.3. The molecule has 3 amide bonds. The predicted molar refractivity (Wildman–Crippen MR) is 132 cm³/mol. The van der Waals surface area contributed by atoms with E-state index in [4.69, 9.17) is 4.42 Å². The summed E-state index contributed by atoms with van der Waals surface area (Å²) in [6.45, 7) is 1.63. The molecule has 38 heavy (non-hydrogen) atoms. The number of hydrazone groups is 1. The molecule has 0 fully saturated rings. The number of nitrogens with one attached hydrogen (secondary N) is 3. The van der Waals surface area contributed by atoms with Crippen LogP contribution in [0.15, 0.2) is 58.0 Å². The molecule has 1 heterocycles. The molecule has 14 nitrogen and oxygen atoms in total. The van der Waals surface area contributed by atoms with Gasteiger partial charge in [-0.15, -0.1) is 0 Å². The highest BCUT2D eigenvalue weighted by Gasteiger charge is 2.29. The number of carbonyl (C=O) groups is 3. The van der Waals surface area contributed by atoms with Gasteiger partial charge in [-0.3, -0.25) is 45.5 Å². The van der Waals surface area contributed by atoms with Crippen molar-refractivity contribution < 1.29 is 28.6 Å². The molecule has 0 spiro atoms. The van der Waals surface area contributed by atoms with E-state index in [1.165, 1.54) is 48.5 Å². The number of non-ortho nitro benzene ring substituents is 1. The van der Waals surface area contributed by atoms with Crippen molar-refractivity contribution >= 4 is 34.8 Å². The van der Waals surface area contributed by atoms with Crippen LogP contribution in [0.4, 0.5) is 11.4 Å². The van der Waals surface area contributed by atoms with E-state index < -0.39 is 33.3 Å². The fourth-order valence-electron chi connectivity index (χ4n) is 3.98. The number of para-hydroxylation sites is 1. The number of benzene rings is 2. The van der Waals surface area contributed by atoms with Gasteiger partial charge in [0.15, 0.2) is 5.76 Å². The number of hydrazine groups is 1. The second kappa shape index (κ2) is 10.7. The van der Waals surface area contributed by atoms with E-state index in [0.29, 0.717) is 41.9 Å². The van der Waals surface area contributed by atoms with E-state index in [-0.39, 0.29) is 22.6 Å². The molecule has 4 rings (SSSR count). The number of amides is 3. The minimum absolute atomic E-state index is 0.0887. The van der Waals surface area contributed by atoms with E-state index in [1.807, 2.05) is 0 Å². The first-order valence-electron chi connectivity index (χ1n) is 11.3. The lowest BCUT2D eigenvalue weighted by Gasteiger charge is -2.13. The zero-order valence-corrected chi connectivity index (χ0v) is 19.8. The Morgan fingerprint density at radius 1 is 0.895 bits per heavy atom. The summed E-state index contributed by atoms with van der Waals surface area (Å²) in [7, 11) is 0. The fraction of sp³-hybridized carbons (Fsp3) is 0.167. The molecule has 0 atom stereocenters. The van der Waals surface area contributed by atoms with Crippen LogP contribution in [0.1, 0.15) is 61.0 Å². The molecule has 0 saturated carbocycles. The molecule has 14 heteroatoms. The first-order valence-corrected chi connectivity index (χ1v) is 11.3. The van der Waals surface area contributed by atoms with Crippen LogP contribution in [0.3, 0.4) is 0 Å². The topological polar surface area (TPSA) is 199 Å². The molecule has 0 aliphatic heterocycles. The van der Waals surface area contributed by atoms with Gasteiger partial charge in [0.2, 0.25) is 0 Å².